The number of hydrogen-bond donors (Lipinski definition) is 0. The van der Waals surface area contributed by atoms with Crippen LogP contribution < -0.4 is 0 Å². The zero-order valence-corrected chi connectivity index (χ0v) is 14.9. The largest absolute Gasteiger partial charge is 0.250 e. The van der Waals surface area contributed by atoms with E-state index in [0.29, 0.717) is 0 Å². The maximum absolute atomic E-state index is 4.36. The summed E-state index contributed by atoms with van der Waals surface area (Å²) >= 11 is 9.22. The first-order valence-electron chi connectivity index (χ1n) is 6.25. The third-order valence-corrected chi connectivity index (χ3v) is 6.50. The van der Waals surface area contributed by atoms with E-state index in [2.05, 4.69) is 74.1 Å². The first kappa shape index (κ1) is 15.2. The van der Waals surface area contributed by atoms with Crippen LogP contribution in [0.1, 0.15) is 15.4 Å². The van der Waals surface area contributed by atoms with Gasteiger partial charge >= 0.3 is 0 Å². The molecule has 0 unspecified atom stereocenters. The predicted octanol–water partition coefficient (Wildman–Crippen LogP) is 5.01. The van der Waals surface area contributed by atoms with Gasteiger partial charge < -0.3 is 0 Å². The third kappa shape index (κ3) is 4.14. The Morgan fingerprint density at radius 3 is 2.32 bits per heavy atom. The molecule has 0 aliphatic rings. The fourth-order valence-corrected chi connectivity index (χ4v) is 4.86. The lowest BCUT2D eigenvalue weighted by atomic mass is 9.82. The molecule has 0 aliphatic carbocycles. The van der Waals surface area contributed by atoms with Gasteiger partial charge in [0.1, 0.15) is 0 Å². The molecule has 0 bridgehead atoms. The molecule has 102 valence electrons. The minimum atomic E-state index is 0.209. The molecule has 0 radical (unpaired) electrons. The van der Waals surface area contributed by atoms with Crippen molar-refractivity contribution in [2.75, 3.05) is 10.7 Å². The van der Waals surface area contributed by atoms with Gasteiger partial charge in [-0.05, 0) is 30.7 Å². The van der Waals surface area contributed by atoms with Gasteiger partial charge in [0.2, 0.25) is 0 Å². The molecule has 0 N–H and O–H groups in total. The van der Waals surface area contributed by atoms with E-state index in [0.717, 1.165) is 28.5 Å². The Kier molecular flexibility index (Phi) is 5.60. The van der Waals surface area contributed by atoms with E-state index < -0.39 is 0 Å². The Balaban J connectivity index is 2.17. The number of thiazole rings is 1. The lowest BCUT2D eigenvalue weighted by molar-refractivity contribution is 0.389. The fraction of sp³-hybridized carbons (Fsp3) is 0.400. The smallest absolute Gasteiger partial charge is 0.0896 e. The molecule has 0 amide bonds. The third-order valence-electron chi connectivity index (χ3n) is 3.21. The molecule has 0 spiro atoms. The molecule has 4 heteroatoms. The van der Waals surface area contributed by atoms with Crippen molar-refractivity contribution in [3.63, 3.8) is 0 Å². The standard InChI is InChI=1S/C15H17Br2NS/c1-12-18-9-14(19-12)8-15(10-16,11-17)7-13-5-3-2-4-6-13/h2-6,9H,7-8,10-11H2,1H3. The van der Waals surface area contributed by atoms with E-state index in [1.54, 1.807) is 11.3 Å². The molecule has 0 saturated carbocycles. The van der Waals surface area contributed by atoms with Crippen molar-refractivity contribution in [1.29, 1.82) is 0 Å². The molecule has 0 aliphatic heterocycles. The lowest BCUT2D eigenvalue weighted by Gasteiger charge is -2.29. The van der Waals surface area contributed by atoms with E-state index in [9.17, 15) is 0 Å². The molecule has 2 aromatic rings. The Bertz CT molecular complexity index is 506. The average Bonchev–Trinajstić information content (AvgIpc) is 2.84. The number of aryl methyl sites for hydroxylation is 1. The summed E-state index contributed by atoms with van der Waals surface area (Å²) in [5.41, 5.74) is 1.60. The summed E-state index contributed by atoms with van der Waals surface area (Å²) in [6.45, 7) is 2.06. The Morgan fingerprint density at radius 1 is 1.11 bits per heavy atom. The van der Waals surface area contributed by atoms with Crippen LogP contribution in [-0.2, 0) is 12.8 Å². The number of aromatic nitrogens is 1. The molecule has 0 saturated heterocycles. The zero-order chi connectivity index (χ0) is 13.7. The summed E-state index contributed by atoms with van der Waals surface area (Å²) in [7, 11) is 0. The van der Waals surface area contributed by atoms with Gasteiger partial charge in [-0.15, -0.1) is 11.3 Å². The van der Waals surface area contributed by atoms with Crippen LogP contribution in [0.3, 0.4) is 0 Å². The second-order valence-electron chi connectivity index (χ2n) is 4.95. The van der Waals surface area contributed by atoms with Crippen LogP contribution in [0.2, 0.25) is 0 Å². The molecule has 19 heavy (non-hydrogen) atoms. The van der Waals surface area contributed by atoms with Gasteiger partial charge in [-0.25, -0.2) is 4.98 Å². The molecule has 1 heterocycles. The maximum Gasteiger partial charge on any atom is 0.0896 e. The van der Waals surface area contributed by atoms with Crippen molar-refractivity contribution >= 4 is 43.2 Å². The summed E-state index contributed by atoms with van der Waals surface area (Å²) in [6, 6.07) is 10.7. The van der Waals surface area contributed by atoms with E-state index >= 15 is 0 Å². The monoisotopic (exact) mass is 401 g/mol. The molecule has 1 aromatic heterocycles. The van der Waals surface area contributed by atoms with E-state index in [1.165, 1.54) is 10.4 Å². The predicted molar refractivity (Wildman–Crippen MR) is 90.7 cm³/mol. The van der Waals surface area contributed by atoms with Crippen molar-refractivity contribution in [3.8, 4) is 0 Å². The first-order valence-corrected chi connectivity index (χ1v) is 9.30. The van der Waals surface area contributed by atoms with Gasteiger partial charge in [-0.3, -0.25) is 0 Å². The highest BCUT2D eigenvalue weighted by molar-refractivity contribution is 9.09. The van der Waals surface area contributed by atoms with Crippen LogP contribution in [0.4, 0.5) is 0 Å². The SMILES string of the molecule is Cc1ncc(CC(CBr)(CBr)Cc2ccccc2)s1. The van der Waals surface area contributed by atoms with Gasteiger partial charge in [0.05, 0.1) is 5.01 Å². The number of hydrogen-bond acceptors (Lipinski definition) is 2. The number of nitrogens with zero attached hydrogens (tertiary/aromatic N) is 1. The van der Waals surface area contributed by atoms with Crippen molar-refractivity contribution < 1.29 is 0 Å². The van der Waals surface area contributed by atoms with Crippen LogP contribution in [0.15, 0.2) is 36.5 Å². The Morgan fingerprint density at radius 2 is 1.79 bits per heavy atom. The fourth-order valence-electron chi connectivity index (χ4n) is 2.17. The van der Waals surface area contributed by atoms with Gasteiger partial charge in [0.25, 0.3) is 0 Å². The number of alkyl halides is 2. The normalized spacial score (nSPS) is 11.7. The topological polar surface area (TPSA) is 12.9 Å². The quantitative estimate of drug-likeness (QED) is 0.618. The van der Waals surface area contributed by atoms with Crippen LogP contribution in [0.25, 0.3) is 0 Å². The van der Waals surface area contributed by atoms with E-state index in [-0.39, 0.29) is 5.41 Å². The second kappa shape index (κ2) is 7.00. The lowest BCUT2D eigenvalue weighted by Crippen LogP contribution is -2.30. The van der Waals surface area contributed by atoms with Crippen molar-refractivity contribution in [1.82, 2.24) is 4.98 Å². The highest BCUT2D eigenvalue weighted by atomic mass is 79.9. The Hall–Kier alpha value is -0.190. The highest BCUT2D eigenvalue weighted by Crippen LogP contribution is 2.33. The van der Waals surface area contributed by atoms with E-state index in [1.807, 2.05) is 6.20 Å². The molecule has 0 atom stereocenters. The molecular formula is C15H17Br2NS. The minimum absolute atomic E-state index is 0.209. The van der Waals surface area contributed by atoms with Crippen LogP contribution in [0, 0.1) is 12.3 Å². The number of benzene rings is 1. The van der Waals surface area contributed by atoms with Gasteiger partial charge in [0.15, 0.2) is 0 Å². The molecular weight excluding hydrogens is 386 g/mol. The maximum atomic E-state index is 4.36. The summed E-state index contributed by atoms with van der Waals surface area (Å²) in [5, 5.41) is 3.11. The molecule has 1 aromatic carbocycles. The van der Waals surface area contributed by atoms with Gasteiger partial charge in [-0.1, -0.05) is 62.2 Å². The summed E-state index contributed by atoms with van der Waals surface area (Å²) in [4.78, 5) is 5.73. The number of halogens is 2. The second-order valence-corrected chi connectivity index (χ2v) is 7.39. The van der Waals surface area contributed by atoms with Crippen LogP contribution in [-0.4, -0.2) is 15.6 Å². The minimum Gasteiger partial charge on any atom is -0.250 e. The van der Waals surface area contributed by atoms with Crippen LogP contribution in [0.5, 0.6) is 0 Å². The number of rotatable bonds is 6. The highest BCUT2D eigenvalue weighted by Gasteiger charge is 2.29. The zero-order valence-electron chi connectivity index (χ0n) is 10.9. The van der Waals surface area contributed by atoms with Crippen molar-refractivity contribution in [2.24, 2.45) is 5.41 Å². The van der Waals surface area contributed by atoms with Crippen LogP contribution >= 0.6 is 43.2 Å². The summed E-state index contributed by atoms with van der Waals surface area (Å²) in [6.07, 6.45) is 4.15. The summed E-state index contributed by atoms with van der Waals surface area (Å²) < 4.78 is 0. The Labute approximate surface area is 135 Å². The van der Waals surface area contributed by atoms with Gasteiger partial charge in [0, 0.05) is 21.7 Å². The first-order chi connectivity index (χ1) is 9.17. The van der Waals surface area contributed by atoms with Gasteiger partial charge in [-0.2, -0.15) is 0 Å². The van der Waals surface area contributed by atoms with Crippen molar-refractivity contribution in [2.45, 2.75) is 19.8 Å². The average molecular weight is 403 g/mol. The molecule has 0 fully saturated rings. The van der Waals surface area contributed by atoms with Crippen molar-refractivity contribution in [3.05, 3.63) is 52.0 Å². The molecule has 2 rings (SSSR count). The summed E-state index contributed by atoms with van der Waals surface area (Å²) in [5.74, 6) is 0. The van der Waals surface area contributed by atoms with E-state index in [4.69, 9.17) is 0 Å². The molecule has 1 nitrogen and oxygen atoms in total.